The highest BCUT2D eigenvalue weighted by atomic mass is 32.1. The molecule has 128 valence electrons. The summed E-state index contributed by atoms with van der Waals surface area (Å²) in [5.41, 5.74) is 6.26. The molecule has 0 radical (unpaired) electrons. The molecule has 2 rings (SSSR count). The van der Waals surface area contributed by atoms with Gasteiger partial charge in [0.15, 0.2) is 0 Å². The third-order valence-corrected chi connectivity index (χ3v) is 5.06. The van der Waals surface area contributed by atoms with Crippen molar-refractivity contribution in [3.05, 3.63) is 45.5 Å². The minimum absolute atomic E-state index is 0.00665. The molecule has 24 heavy (non-hydrogen) atoms. The predicted octanol–water partition coefficient (Wildman–Crippen LogP) is 2.97. The molecular weight excluding hydrogens is 328 g/mol. The van der Waals surface area contributed by atoms with Gasteiger partial charge in [0.05, 0.1) is 10.5 Å². The van der Waals surface area contributed by atoms with E-state index in [1.54, 1.807) is 17.5 Å². The summed E-state index contributed by atoms with van der Waals surface area (Å²) in [5, 5.41) is 16.0. The fraction of sp³-hybridized carbons (Fsp3) is 0.375. The highest BCUT2D eigenvalue weighted by Crippen LogP contribution is 2.27. The Morgan fingerprint density at radius 3 is 2.71 bits per heavy atom. The number of hydrogen-bond acceptors (Lipinski definition) is 6. The van der Waals surface area contributed by atoms with E-state index in [0.29, 0.717) is 22.8 Å². The van der Waals surface area contributed by atoms with E-state index in [4.69, 9.17) is 5.73 Å². The van der Waals surface area contributed by atoms with Crippen LogP contribution >= 0.6 is 11.3 Å². The second-order valence-corrected chi connectivity index (χ2v) is 6.35. The molecule has 1 heterocycles. The van der Waals surface area contributed by atoms with Crippen molar-refractivity contribution in [3.8, 4) is 10.6 Å². The van der Waals surface area contributed by atoms with E-state index in [1.165, 1.54) is 23.5 Å². The van der Waals surface area contributed by atoms with Crippen LogP contribution in [-0.4, -0.2) is 27.9 Å². The van der Waals surface area contributed by atoms with Crippen LogP contribution in [0.1, 0.15) is 37.2 Å². The van der Waals surface area contributed by atoms with Gasteiger partial charge in [-0.15, -0.1) is 11.3 Å². The standard InChI is InChI=1S/C16H20N4O3S/c1-3-16(4-2,10-17)19-14(21)13-9-24-15(18-13)11-6-5-7-12(8-11)20(22)23/h5-9H,3-4,10,17H2,1-2H3,(H,19,21). The number of thiazole rings is 1. The molecule has 7 nitrogen and oxygen atoms in total. The van der Waals surface area contributed by atoms with Crippen molar-refractivity contribution < 1.29 is 9.72 Å². The van der Waals surface area contributed by atoms with Crippen molar-refractivity contribution in [2.75, 3.05) is 6.54 Å². The molecule has 0 saturated heterocycles. The van der Waals surface area contributed by atoms with Crippen LogP contribution in [0.2, 0.25) is 0 Å². The predicted molar refractivity (Wildman–Crippen MR) is 94.0 cm³/mol. The molecule has 1 aromatic heterocycles. The summed E-state index contributed by atoms with van der Waals surface area (Å²) < 4.78 is 0. The summed E-state index contributed by atoms with van der Waals surface area (Å²) in [4.78, 5) is 27.1. The number of hydrogen-bond donors (Lipinski definition) is 2. The number of nitro groups is 1. The lowest BCUT2D eigenvalue weighted by atomic mass is 9.93. The lowest BCUT2D eigenvalue weighted by molar-refractivity contribution is -0.384. The number of nitrogens with one attached hydrogen (secondary N) is 1. The maximum absolute atomic E-state index is 12.4. The molecule has 1 amide bonds. The monoisotopic (exact) mass is 348 g/mol. The lowest BCUT2D eigenvalue weighted by Crippen LogP contribution is -2.52. The van der Waals surface area contributed by atoms with Gasteiger partial charge in [0.1, 0.15) is 10.7 Å². The number of carbonyl (C=O) groups excluding carboxylic acids is 1. The van der Waals surface area contributed by atoms with Crippen molar-refractivity contribution in [2.45, 2.75) is 32.2 Å². The number of amides is 1. The molecule has 0 fully saturated rings. The van der Waals surface area contributed by atoms with Crippen LogP contribution in [-0.2, 0) is 0 Å². The minimum Gasteiger partial charge on any atom is -0.344 e. The average molecular weight is 348 g/mol. The summed E-state index contributed by atoms with van der Waals surface area (Å²) >= 11 is 1.27. The fourth-order valence-electron chi connectivity index (χ4n) is 2.33. The lowest BCUT2D eigenvalue weighted by Gasteiger charge is -2.31. The van der Waals surface area contributed by atoms with Crippen LogP contribution in [0, 0.1) is 10.1 Å². The van der Waals surface area contributed by atoms with Crippen molar-refractivity contribution in [3.63, 3.8) is 0 Å². The van der Waals surface area contributed by atoms with Crippen LogP contribution < -0.4 is 11.1 Å². The summed E-state index contributed by atoms with van der Waals surface area (Å²) in [6.45, 7) is 4.31. The van der Waals surface area contributed by atoms with Gasteiger partial charge in [0.2, 0.25) is 0 Å². The zero-order valence-electron chi connectivity index (χ0n) is 13.6. The maximum atomic E-state index is 12.4. The van der Waals surface area contributed by atoms with Crippen LogP contribution in [0.4, 0.5) is 5.69 Å². The van der Waals surface area contributed by atoms with Crippen LogP contribution in [0.5, 0.6) is 0 Å². The second-order valence-electron chi connectivity index (χ2n) is 5.49. The summed E-state index contributed by atoms with van der Waals surface area (Å²) in [7, 11) is 0. The van der Waals surface area contributed by atoms with Gasteiger partial charge < -0.3 is 11.1 Å². The minimum atomic E-state index is -0.456. The highest BCUT2D eigenvalue weighted by Gasteiger charge is 2.27. The van der Waals surface area contributed by atoms with E-state index in [0.717, 1.165) is 12.8 Å². The Hall–Kier alpha value is -2.32. The van der Waals surface area contributed by atoms with Crippen LogP contribution in [0.25, 0.3) is 10.6 Å². The molecule has 3 N–H and O–H groups in total. The van der Waals surface area contributed by atoms with E-state index < -0.39 is 10.5 Å². The molecule has 1 aromatic carbocycles. The first kappa shape index (κ1) is 18.0. The Balaban J connectivity index is 2.23. The Morgan fingerprint density at radius 1 is 1.42 bits per heavy atom. The molecule has 0 aliphatic heterocycles. The van der Waals surface area contributed by atoms with E-state index >= 15 is 0 Å². The molecular formula is C16H20N4O3S. The molecule has 0 unspecified atom stereocenters. The maximum Gasteiger partial charge on any atom is 0.271 e. The average Bonchev–Trinajstić information content (AvgIpc) is 3.10. The number of benzene rings is 1. The number of aromatic nitrogens is 1. The van der Waals surface area contributed by atoms with Crippen LogP contribution in [0.3, 0.4) is 0 Å². The third-order valence-electron chi connectivity index (χ3n) is 4.16. The first-order valence-corrected chi connectivity index (χ1v) is 8.55. The zero-order valence-corrected chi connectivity index (χ0v) is 14.4. The largest absolute Gasteiger partial charge is 0.344 e. The molecule has 0 aliphatic carbocycles. The number of nitro benzene ring substituents is 1. The number of rotatable bonds is 7. The Bertz CT molecular complexity index is 732. The molecule has 8 heteroatoms. The van der Waals surface area contributed by atoms with E-state index in [-0.39, 0.29) is 11.6 Å². The van der Waals surface area contributed by atoms with Crippen molar-refractivity contribution in [2.24, 2.45) is 5.73 Å². The molecule has 2 aromatic rings. The van der Waals surface area contributed by atoms with Gasteiger partial charge in [-0.05, 0) is 12.8 Å². The van der Waals surface area contributed by atoms with Gasteiger partial charge in [-0.2, -0.15) is 0 Å². The topological polar surface area (TPSA) is 111 Å². The van der Waals surface area contributed by atoms with Gasteiger partial charge in [-0.25, -0.2) is 4.98 Å². The SMILES string of the molecule is CCC(CC)(CN)NC(=O)c1csc(-c2cccc([N+](=O)[O-])c2)n1. The first-order chi connectivity index (χ1) is 11.4. The molecule has 0 aliphatic rings. The fourth-order valence-corrected chi connectivity index (χ4v) is 3.13. The zero-order chi connectivity index (χ0) is 17.7. The summed E-state index contributed by atoms with van der Waals surface area (Å²) in [6, 6.07) is 6.20. The molecule has 0 spiro atoms. The summed E-state index contributed by atoms with van der Waals surface area (Å²) in [5.74, 6) is -0.280. The van der Waals surface area contributed by atoms with Gasteiger partial charge in [0, 0.05) is 29.6 Å². The first-order valence-electron chi connectivity index (χ1n) is 7.67. The second kappa shape index (κ2) is 7.50. The van der Waals surface area contributed by atoms with Crippen LogP contribution in [0.15, 0.2) is 29.6 Å². The number of non-ortho nitro benzene ring substituents is 1. The molecule has 0 atom stereocenters. The Labute approximate surface area is 144 Å². The third kappa shape index (κ3) is 3.77. The normalized spacial score (nSPS) is 11.3. The van der Waals surface area contributed by atoms with E-state index in [1.807, 2.05) is 13.8 Å². The Kier molecular flexibility index (Phi) is 5.63. The van der Waals surface area contributed by atoms with Crippen molar-refractivity contribution >= 4 is 22.9 Å². The van der Waals surface area contributed by atoms with Gasteiger partial charge in [0.25, 0.3) is 11.6 Å². The molecule has 0 bridgehead atoms. The Morgan fingerprint density at radius 2 is 2.12 bits per heavy atom. The summed E-state index contributed by atoms with van der Waals surface area (Å²) in [6.07, 6.45) is 1.46. The van der Waals surface area contributed by atoms with Gasteiger partial charge in [-0.1, -0.05) is 26.0 Å². The van der Waals surface area contributed by atoms with Gasteiger partial charge >= 0.3 is 0 Å². The number of nitrogens with two attached hydrogens (primary N) is 1. The number of nitrogens with zero attached hydrogens (tertiary/aromatic N) is 2. The van der Waals surface area contributed by atoms with E-state index in [9.17, 15) is 14.9 Å². The molecule has 0 saturated carbocycles. The van der Waals surface area contributed by atoms with Gasteiger partial charge in [-0.3, -0.25) is 14.9 Å². The van der Waals surface area contributed by atoms with Crippen molar-refractivity contribution in [1.29, 1.82) is 0 Å². The smallest absolute Gasteiger partial charge is 0.271 e. The quantitative estimate of drug-likeness (QED) is 0.590. The highest BCUT2D eigenvalue weighted by molar-refractivity contribution is 7.13. The van der Waals surface area contributed by atoms with Crippen molar-refractivity contribution in [1.82, 2.24) is 10.3 Å². The number of carbonyl (C=O) groups is 1. The van der Waals surface area contributed by atoms with E-state index in [2.05, 4.69) is 10.3 Å².